The number of ether oxygens (including phenoxy) is 1. The Hall–Kier alpha value is -3.15. The highest BCUT2D eigenvalue weighted by Gasteiger charge is 2.20. The minimum absolute atomic E-state index is 0.190. The zero-order chi connectivity index (χ0) is 20.1. The van der Waals surface area contributed by atoms with Gasteiger partial charge in [0.25, 0.3) is 11.5 Å². The zero-order valence-corrected chi connectivity index (χ0v) is 16.5. The number of carbonyl (C=O) groups excluding carboxylic acids is 1. The molecule has 28 heavy (non-hydrogen) atoms. The number of rotatable bonds is 7. The maximum atomic E-state index is 13.0. The summed E-state index contributed by atoms with van der Waals surface area (Å²) in [6.07, 6.45) is 1.91. The van der Waals surface area contributed by atoms with Crippen LogP contribution in [0.15, 0.2) is 53.3 Å². The summed E-state index contributed by atoms with van der Waals surface area (Å²) in [5.41, 5.74) is 0.611. The number of hydrogen-bond acceptors (Lipinski definition) is 4. The van der Waals surface area contributed by atoms with E-state index in [4.69, 9.17) is 4.74 Å². The topological polar surface area (TPSA) is 64.4 Å². The Morgan fingerprint density at radius 1 is 1.07 bits per heavy atom. The van der Waals surface area contributed by atoms with Gasteiger partial charge < -0.3 is 9.64 Å². The summed E-state index contributed by atoms with van der Waals surface area (Å²) in [5, 5.41) is 5.49. The Labute approximate surface area is 164 Å². The molecule has 146 valence electrons. The number of nitrogens with zero attached hydrogens (tertiary/aromatic N) is 3. The van der Waals surface area contributed by atoms with Gasteiger partial charge in [-0.15, -0.1) is 0 Å². The smallest absolute Gasteiger partial charge is 0.279 e. The molecule has 0 atom stereocenters. The van der Waals surface area contributed by atoms with Gasteiger partial charge in [0.1, 0.15) is 5.75 Å². The lowest BCUT2D eigenvalue weighted by atomic mass is 10.1. The van der Waals surface area contributed by atoms with E-state index < -0.39 is 0 Å². The first-order valence-electron chi connectivity index (χ1n) is 9.57. The SMILES string of the molecule is CCCCN(C)C(=O)c1nn(-c2ccc(OCC)cc2)c(=O)c2ccccc12. The molecule has 2 aromatic carbocycles. The molecule has 0 aliphatic heterocycles. The highest BCUT2D eigenvalue weighted by molar-refractivity contribution is 6.04. The fraction of sp³-hybridized carbons (Fsp3) is 0.318. The van der Waals surface area contributed by atoms with Gasteiger partial charge in [-0.25, -0.2) is 0 Å². The van der Waals surface area contributed by atoms with E-state index in [1.807, 2.05) is 13.0 Å². The standard InChI is InChI=1S/C22H25N3O3/c1-4-6-15-24(3)22(27)20-18-9-7-8-10-19(18)21(26)25(23-20)16-11-13-17(14-12-16)28-5-2/h7-14H,4-6,15H2,1-3H3. The predicted octanol–water partition coefficient (Wildman–Crippen LogP) is 3.66. The Bertz CT molecular complexity index is 1030. The summed E-state index contributed by atoms with van der Waals surface area (Å²) in [4.78, 5) is 27.7. The predicted molar refractivity (Wildman–Crippen MR) is 110 cm³/mol. The summed E-state index contributed by atoms with van der Waals surface area (Å²) >= 11 is 0. The normalized spacial score (nSPS) is 10.8. The van der Waals surface area contributed by atoms with Crippen LogP contribution in [0.2, 0.25) is 0 Å². The van der Waals surface area contributed by atoms with Gasteiger partial charge in [-0.1, -0.05) is 31.5 Å². The van der Waals surface area contributed by atoms with Gasteiger partial charge in [-0.3, -0.25) is 9.59 Å². The lowest BCUT2D eigenvalue weighted by Crippen LogP contribution is -2.32. The van der Waals surface area contributed by atoms with Gasteiger partial charge in [0.15, 0.2) is 5.69 Å². The van der Waals surface area contributed by atoms with E-state index >= 15 is 0 Å². The molecule has 1 heterocycles. The number of unbranched alkanes of at least 4 members (excludes halogenated alkanes) is 1. The maximum absolute atomic E-state index is 13.0. The fourth-order valence-electron chi connectivity index (χ4n) is 3.05. The van der Waals surface area contributed by atoms with Crippen LogP contribution in [0.25, 0.3) is 16.5 Å². The third-order valence-electron chi connectivity index (χ3n) is 4.59. The van der Waals surface area contributed by atoms with Crippen molar-refractivity contribution in [1.29, 1.82) is 0 Å². The van der Waals surface area contributed by atoms with Crippen molar-refractivity contribution in [3.8, 4) is 11.4 Å². The molecule has 1 amide bonds. The first kappa shape index (κ1) is 19.6. The van der Waals surface area contributed by atoms with E-state index in [0.29, 0.717) is 29.6 Å². The van der Waals surface area contributed by atoms with Crippen molar-refractivity contribution in [2.75, 3.05) is 20.2 Å². The number of amides is 1. The van der Waals surface area contributed by atoms with Crippen LogP contribution in [0, 0.1) is 0 Å². The molecule has 0 unspecified atom stereocenters. The molecule has 0 radical (unpaired) electrons. The molecule has 6 heteroatoms. The van der Waals surface area contributed by atoms with Gasteiger partial charge in [-0.05, 0) is 43.7 Å². The first-order valence-corrected chi connectivity index (χ1v) is 9.57. The average molecular weight is 379 g/mol. The van der Waals surface area contributed by atoms with Crippen LogP contribution in [0.3, 0.4) is 0 Å². The molecule has 0 fully saturated rings. The van der Waals surface area contributed by atoms with Gasteiger partial charge in [-0.2, -0.15) is 9.78 Å². The Balaban J connectivity index is 2.12. The molecule has 0 saturated carbocycles. The van der Waals surface area contributed by atoms with Crippen LogP contribution in [0.5, 0.6) is 5.75 Å². The van der Waals surface area contributed by atoms with E-state index in [1.165, 1.54) is 4.68 Å². The van der Waals surface area contributed by atoms with Gasteiger partial charge in [0, 0.05) is 19.0 Å². The van der Waals surface area contributed by atoms with Crippen molar-refractivity contribution in [3.05, 3.63) is 64.6 Å². The van der Waals surface area contributed by atoms with Crippen molar-refractivity contribution in [2.45, 2.75) is 26.7 Å². The molecule has 1 aromatic heterocycles. The van der Waals surface area contributed by atoms with Gasteiger partial charge in [0.05, 0.1) is 17.7 Å². The molecule has 0 aliphatic carbocycles. The number of aromatic nitrogens is 2. The lowest BCUT2D eigenvalue weighted by Gasteiger charge is -2.18. The van der Waals surface area contributed by atoms with Crippen LogP contribution in [-0.4, -0.2) is 40.8 Å². The molecule has 0 aliphatic rings. The second-order valence-electron chi connectivity index (χ2n) is 6.62. The van der Waals surface area contributed by atoms with E-state index in [0.717, 1.165) is 18.6 Å². The third-order valence-corrected chi connectivity index (χ3v) is 4.59. The second kappa shape index (κ2) is 8.69. The van der Waals surface area contributed by atoms with Crippen LogP contribution in [0.4, 0.5) is 0 Å². The summed E-state index contributed by atoms with van der Waals surface area (Å²) in [5.74, 6) is 0.528. The third kappa shape index (κ3) is 3.91. The van der Waals surface area contributed by atoms with Crippen molar-refractivity contribution < 1.29 is 9.53 Å². The highest BCUT2D eigenvalue weighted by atomic mass is 16.5. The van der Waals surface area contributed by atoms with Crippen molar-refractivity contribution in [2.24, 2.45) is 0 Å². The number of hydrogen-bond donors (Lipinski definition) is 0. The largest absolute Gasteiger partial charge is 0.494 e. The van der Waals surface area contributed by atoms with Crippen molar-refractivity contribution in [3.63, 3.8) is 0 Å². The number of carbonyl (C=O) groups is 1. The summed E-state index contributed by atoms with van der Waals surface area (Å²) < 4.78 is 6.75. The maximum Gasteiger partial charge on any atom is 0.279 e. The lowest BCUT2D eigenvalue weighted by molar-refractivity contribution is 0.0787. The molecule has 0 saturated heterocycles. The van der Waals surface area contributed by atoms with Crippen LogP contribution in [-0.2, 0) is 0 Å². The van der Waals surface area contributed by atoms with E-state index in [1.54, 1.807) is 54.4 Å². The van der Waals surface area contributed by atoms with Crippen molar-refractivity contribution in [1.82, 2.24) is 14.7 Å². The minimum atomic E-state index is -0.257. The summed E-state index contributed by atoms with van der Waals surface area (Å²) in [6, 6.07) is 14.2. The van der Waals surface area contributed by atoms with E-state index in [-0.39, 0.29) is 17.2 Å². The van der Waals surface area contributed by atoms with E-state index in [2.05, 4.69) is 12.0 Å². The van der Waals surface area contributed by atoms with Crippen LogP contribution < -0.4 is 10.3 Å². The van der Waals surface area contributed by atoms with Crippen LogP contribution in [0.1, 0.15) is 37.2 Å². The van der Waals surface area contributed by atoms with Crippen LogP contribution >= 0.6 is 0 Å². The van der Waals surface area contributed by atoms with Gasteiger partial charge >= 0.3 is 0 Å². The number of benzene rings is 2. The number of fused-ring (bicyclic) bond motifs is 1. The Kier molecular flexibility index (Phi) is 6.09. The Morgan fingerprint density at radius 3 is 2.39 bits per heavy atom. The summed E-state index contributed by atoms with van der Waals surface area (Å²) in [7, 11) is 1.76. The average Bonchev–Trinajstić information content (AvgIpc) is 2.73. The summed E-state index contributed by atoms with van der Waals surface area (Å²) in [6.45, 7) is 5.21. The molecular formula is C22H25N3O3. The molecule has 0 N–H and O–H groups in total. The quantitative estimate of drug-likeness (QED) is 0.628. The molecule has 0 bridgehead atoms. The molecule has 0 spiro atoms. The monoisotopic (exact) mass is 379 g/mol. The first-order chi connectivity index (χ1) is 13.6. The molecule has 6 nitrogen and oxygen atoms in total. The van der Waals surface area contributed by atoms with Gasteiger partial charge in [0.2, 0.25) is 0 Å². The molecular weight excluding hydrogens is 354 g/mol. The molecule has 3 aromatic rings. The highest BCUT2D eigenvalue weighted by Crippen LogP contribution is 2.18. The molecule has 3 rings (SSSR count). The zero-order valence-electron chi connectivity index (χ0n) is 16.5. The van der Waals surface area contributed by atoms with Crippen molar-refractivity contribution >= 4 is 16.7 Å². The Morgan fingerprint density at radius 2 is 1.75 bits per heavy atom. The fourth-order valence-corrected chi connectivity index (χ4v) is 3.05. The minimum Gasteiger partial charge on any atom is -0.494 e. The second-order valence-corrected chi connectivity index (χ2v) is 6.62. The van der Waals surface area contributed by atoms with E-state index in [9.17, 15) is 9.59 Å².